The number of anilines is 1. The summed E-state index contributed by atoms with van der Waals surface area (Å²) < 4.78 is 5.30. The summed E-state index contributed by atoms with van der Waals surface area (Å²) in [6.45, 7) is 0. The van der Waals surface area contributed by atoms with Gasteiger partial charge in [-0.15, -0.1) is 11.8 Å². The van der Waals surface area contributed by atoms with E-state index in [1.807, 2.05) is 12.1 Å². The number of aryl methyl sites for hydroxylation is 1. The number of rotatable bonds is 6. The highest BCUT2D eigenvalue weighted by Gasteiger charge is 2.06. The third-order valence-electron chi connectivity index (χ3n) is 2.98. The highest BCUT2D eigenvalue weighted by atomic mass is 32.2. The van der Waals surface area contributed by atoms with Gasteiger partial charge in [-0.2, -0.15) is 0 Å². The Labute approximate surface area is 127 Å². The van der Waals surface area contributed by atoms with Crippen molar-refractivity contribution in [1.29, 1.82) is 0 Å². The smallest absolute Gasteiger partial charge is 0.269 e. The van der Waals surface area contributed by atoms with Gasteiger partial charge in [-0.05, 0) is 24.1 Å². The molecule has 0 aromatic heterocycles. The van der Waals surface area contributed by atoms with Gasteiger partial charge in [0.05, 0.1) is 12.0 Å². The first-order valence-electron chi connectivity index (χ1n) is 6.40. The second-order valence-corrected chi connectivity index (χ2v) is 5.57. The van der Waals surface area contributed by atoms with Crippen molar-refractivity contribution in [3.05, 3.63) is 58.1 Å². The van der Waals surface area contributed by atoms with E-state index in [1.54, 1.807) is 37.1 Å². The van der Waals surface area contributed by atoms with Crippen LogP contribution >= 0.6 is 11.8 Å². The second-order valence-electron chi connectivity index (χ2n) is 4.43. The lowest BCUT2D eigenvalue weighted by atomic mass is 10.1. The number of methoxy groups -OCH3 is 1. The Morgan fingerprint density at radius 2 is 1.95 bits per heavy atom. The molecule has 0 spiro atoms. The number of nitrogen functional groups attached to an aromatic ring is 1. The summed E-state index contributed by atoms with van der Waals surface area (Å²) in [5.74, 6) is 1.63. The van der Waals surface area contributed by atoms with Gasteiger partial charge in [-0.3, -0.25) is 10.1 Å². The lowest BCUT2D eigenvalue weighted by Crippen LogP contribution is -1.93. The molecule has 0 saturated carbocycles. The molecule has 0 aliphatic heterocycles. The van der Waals surface area contributed by atoms with Gasteiger partial charge in [0.2, 0.25) is 0 Å². The quantitative estimate of drug-likeness (QED) is 0.382. The highest BCUT2D eigenvalue weighted by molar-refractivity contribution is 7.99. The Morgan fingerprint density at radius 3 is 2.57 bits per heavy atom. The van der Waals surface area contributed by atoms with Crippen LogP contribution in [-0.4, -0.2) is 17.8 Å². The molecule has 0 fully saturated rings. The molecule has 0 radical (unpaired) electrons. The maximum absolute atomic E-state index is 10.6. The zero-order valence-corrected chi connectivity index (χ0v) is 12.4. The molecule has 0 saturated heterocycles. The molecule has 2 aromatic rings. The molecule has 2 rings (SSSR count). The van der Waals surface area contributed by atoms with E-state index in [0.29, 0.717) is 5.69 Å². The number of ether oxygens (including phenoxy) is 1. The van der Waals surface area contributed by atoms with E-state index in [2.05, 4.69) is 0 Å². The van der Waals surface area contributed by atoms with Gasteiger partial charge in [0.25, 0.3) is 5.69 Å². The van der Waals surface area contributed by atoms with Crippen LogP contribution in [-0.2, 0) is 6.42 Å². The minimum atomic E-state index is -0.391. The number of hydrogen-bond acceptors (Lipinski definition) is 5. The third kappa shape index (κ3) is 4.13. The average molecular weight is 304 g/mol. The molecular weight excluding hydrogens is 288 g/mol. The Kier molecular flexibility index (Phi) is 5.05. The van der Waals surface area contributed by atoms with Gasteiger partial charge >= 0.3 is 0 Å². The first-order chi connectivity index (χ1) is 10.1. The maximum atomic E-state index is 10.6. The van der Waals surface area contributed by atoms with E-state index in [-0.39, 0.29) is 5.69 Å². The fourth-order valence-electron chi connectivity index (χ4n) is 1.87. The van der Waals surface area contributed by atoms with Crippen LogP contribution in [0.25, 0.3) is 0 Å². The van der Waals surface area contributed by atoms with Gasteiger partial charge in [0, 0.05) is 34.5 Å². The molecule has 6 heteroatoms. The van der Waals surface area contributed by atoms with Crippen LogP contribution in [0.5, 0.6) is 5.75 Å². The zero-order chi connectivity index (χ0) is 15.2. The lowest BCUT2D eigenvalue weighted by Gasteiger charge is -2.08. The van der Waals surface area contributed by atoms with Gasteiger partial charge in [0.1, 0.15) is 5.75 Å². The van der Waals surface area contributed by atoms with E-state index in [0.717, 1.165) is 28.4 Å². The van der Waals surface area contributed by atoms with Crippen LogP contribution in [0.4, 0.5) is 11.4 Å². The van der Waals surface area contributed by atoms with E-state index in [4.69, 9.17) is 10.5 Å². The molecule has 0 atom stereocenters. The SMILES string of the molecule is COc1cc(N)ccc1SCCc1ccc([N+](=O)[O-])cc1. The molecule has 0 bridgehead atoms. The molecule has 2 aromatic carbocycles. The van der Waals surface area contributed by atoms with Crippen LogP contribution in [0.3, 0.4) is 0 Å². The summed E-state index contributed by atoms with van der Waals surface area (Å²) in [7, 11) is 1.62. The molecule has 110 valence electrons. The number of thioether (sulfide) groups is 1. The number of nitrogens with two attached hydrogens (primary N) is 1. The molecule has 21 heavy (non-hydrogen) atoms. The maximum Gasteiger partial charge on any atom is 0.269 e. The molecule has 0 aliphatic rings. The fraction of sp³-hybridized carbons (Fsp3) is 0.200. The van der Waals surface area contributed by atoms with Crippen molar-refractivity contribution in [3.63, 3.8) is 0 Å². The summed E-state index contributed by atoms with van der Waals surface area (Å²) in [5.41, 5.74) is 7.58. The summed E-state index contributed by atoms with van der Waals surface area (Å²) in [6, 6.07) is 12.2. The highest BCUT2D eigenvalue weighted by Crippen LogP contribution is 2.31. The van der Waals surface area contributed by atoms with E-state index in [9.17, 15) is 10.1 Å². The number of benzene rings is 2. The Hall–Kier alpha value is -2.21. The summed E-state index contributed by atoms with van der Waals surface area (Å²) in [5, 5.41) is 10.6. The summed E-state index contributed by atoms with van der Waals surface area (Å²) >= 11 is 1.67. The predicted octanol–water partition coefficient (Wildman–Crippen LogP) is 3.52. The standard InChI is InChI=1S/C15H16N2O3S/c1-20-14-10-12(16)4-7-15(14)21-9-8-11-2-5-13(6-3-11)17(18)19/h2-7,10H,8-9,16H2,1H3. The summed E-state index contributed by atoms with van der Waals surface area (Å²) in [4.78, 5) is 11.2. The predicted molar refractivity (Wildman–Crippen MR) is 84.9 cm³/mol. The largest absolute Gasteiger partial charge is 0.496 e. The summed E-state index contributed by atoms with van der Waals surface area (Å²) in [6.07, 6.45) is 0.830. The van der Waals surface area contributed by atoms with Gasteiger partial charge in [-0.25, -0.2) is 0 Å². The van der Waals surface area contributed by atoms with E-state index < -0.39 is 4.92 Å². The van der Waals surface area contributed by atoms with Gasteiger partial charge in [-0.1, -0.05) is 12.1 Å². The number of nitrogens with zero attached hydrogens (tertiary/aromatic N) is 1. The number of non-ortho nitro benzene ring substituents is 1. The topological polar surface area (TPSA) is 78.4 Å². The van der Waals surface area contributed by atoms with Crippen molar-refractivity contribution in [2.75, 3.05) is 18.6 Å². The van der Waals surface area contributed by atoms with Crippen molar-refractivity contribution in [2.45, 2.75) is 11.3 Å². The molecule has 5 nitrogen and oxygen atoms in total. The minimum absolute atomic E-state index is 0.117. The lowest BCUT2D eigenvalue weighted by molar-refractivity contribution is -0.384. The second kappa shape index (κ2) is 6.99. The molecular formula is C15H16N2O3S. The van der Waals surface area contributed by atoms with Crippen LogP contribution in [0, 0.1) is 10.1 Å². The molecule has 0 unspecified atom stereocenters. The first kappa shape index (κ1) is 15.2. The minimum Gasteiger partial charge on any atom is -0.496 e. The van der Waals surface area contributed by atoms with Crippen LogP contribution in [0.2, 0.25) is 0 Å². The monoisotopic (exact) mass is 304 g/mol. The van der Waals surface area contributed by atoms with E-state index >= 15 is 0 Å². The number of nitro benzene ring substituents is 1. The molecule has 0 aliphatic carbocycles. The van der Waals surface area contributed by atoms with Gasteiger partial charge < -0.3 is 10.5 Å². The number of hydrogen-bond donors (Lipinski definition) is 1. The zero-order valence-electron chi connectivity index (χ0n) is 11.6. The van der Waals surface area contributed by atoms with Crippen LogP contribution in [0.15, 0.2) is 47.4 Å². The van der Waals surface area contributed by atoms with Crippen LogP contribution in [0.1, 0.15) is 5.56 Å². The van der Waals surface area contributed by atoms with Crippen molar-refractivity contribution in [1.82, 2.24) is 0 Å². The molecule has 0 amide bonds. The molecule has 2 N–H and O–H groups in total. The fourth-order valence-corrected chi connectivity index (χ4v) is 2.87. The van der Waals surface area contributed by atoms with Crippen molar-refractivity contribution in [2.24, 2.45) is 0 Å². The van der Waals surface area contributed by atoms with Gasteiger partial charge in [0.15, 0.2) is 0 Å². The normalized spacial score (nSPS) is 10.3. The molecule has 0 heterocycles. The number of nitro groups is 1. The van der Waals surface area contributed by atoms with Crippen molar-refractivity contribution in [3.8, 4) is 5.75 Å². The van der Waals surface area contributed by atoms with Crippen molar-refractivity contribution < 1.29 is 9.66 Å². The average Bonchev–Trinajstić information content (AvgIpc) is 2.49. The van der Waals surface area contributed by atoms with Crippen molar-refractivity contribution >= 4 is 23.1 Å². The first-order valence-corrected chi connectivity index (χ1v) is 7.38. The van der Waals surface area contributed by atoms with E-state index in [1.165, 1.54) is 12.1 Å². The van der Waals surface area contributed by atoms with Crippen LogP contribution < -0.4 is 10.5 Å². The Balaban J connectivity index is 1.93. The Bertz CT molecular complexity index is 629. The Morgan fingerprint density at radius 1 is 1.24 bits per heavy atom. The third-order valence-corrected chi connectivity index (χ3v) is 4.04.